The molecular weight excluding hydrogens is 278 g/mol. The van der Waals surface area contributed by atoms with Crippen molar-refractivity contribution in [3.05, 3.63) is 72.3 Å². The number of hydrogen-bond acceptors (Lipinski definition) is 3. The van der Waals surface area contributed by atoms with E-state index in [4.69, 9.17) is 9.84 Å². The molecule has 0 aromatic heterocycles. The van der Waals surface area contributed by atoms with E-state index in [1.165, 1.54) is 0 Å². The number of carbonyl (C=O) groups is 1. The Balaban J connectivity index is 2.00. The normalized spacial score (nSPS) is 10.4. The molecule has 3 rings (SSSR count). The molecule has 0 aliphatic rings. The number of carbonyl (C=O) groups excluding carboxylic acids is 1. The van der Waals surface area contributed by atoms with Crippen LogP contribution in [0.15, 0.2) is 66.7 Å². The maximum absolute atomic E-state index is 12.5. The number of benzene rings is 3. The molecule has 22 heavy (non-hydrogen) atoms. The zero-order valence-electron chi connectivity index (χ0n) is 11.8. The molecule has 0 spiro atoms. The molecule has 2 N–H and O–H groups in total. The second kappa shape index (κ2) is 6.28. The second-order valence-electron chi connectivity index (χ2n) is 4.79. The molecule has 0 aliphatic carbocycles. The van der Waals surface area contributed by atoms with Gasteiger partial charge < -0.3 is 15.2 Å². The Morgan fingerprint density at radius 3 is 2.27 bits per heavy atom. The molecule has 3 aromatic carbocycles. The van der Waals surface area contributed by atoms with E-state index in [2.05, 4.69) is 5.32 Å². The van der Waals surface area contributed by atoms with Gasteiger partial charge in [0.25, 0.3) is 5.91 Å². The first-order valence-electron chi connectivity index (χ1n) is 6.91. The van der Waals surface area contributed by atoms with Crippen LogP contribution in [0.2, 0.25) is 0 Å². The van der Waals surface area contributed by atoms with Gasteiger partial charge in [-0.05, 0) is 35.0 Å². The van der Waals surface area contributed by atoms with E-state index in [0.29, 0.717) is 17.0 Å². The first-order valence-corrected chi connectivity index (χ1v) is 6.91. The fourth-order valence-electron chi connectivity index (χ4n) is 2.31. The van der Waals surface area contributed by atoms with Crippen LogP contribution in [0.3, 0.4) is 0 Å². The molecule has 0 radical (unpaired) electrons. The highest BCUT2D eigenvalue weighted by atomic mass is 16.6. The molecule has 0 fully saturated rings. The second-order valence-corrected chi connectivity index (χ2v) is 4.79. The number of aliphatic hydroxyl groups excluding tert-OH is 1. The summed E-state index contributed by atoms with van der Waals surface area (Å²) in [6.07, 6.45) is 0. The van der Waals surface area contributed by atoms with Crippen LogP contribution in [0.4, 0.5) is 5.69 Å². The summed E-state index contributed by atoms with van der Waals surface area (Å²) in [4.78, 5) is 12.5. The van der Waals surface area contributed by atoms with Gasteiger partial charge >= 0.3 is 0 Å². The number of hydrogen-bond donors (Lipinski definition) is 2. The highest BCUT2D eigenvalue weighted by Crippen LogP contribution is 2.27. The zero-order chi connectivity index (χ0) is 15.4. The molecule has 0 atom stereocenters. The smallest absolute Gasteiger partial charge is 0.259 e. The molecule has 0 saturated carbocycles. The third-order valence-corrected chi connectivity index (χ3v) is 3.34. The van der Waals surface area contributed by atoms with Crippen molar-refractivity contribution in [1.29, 1.82) is 0 Å². The number of nitrogens with one attached hydrogen (secondary N) is 1. The largest absolute Gasteiger partial charge is 0.467 e. The van der Waals surface area contributed by atoms with Crippen LogP contribution in [0.5, 0.6) is 5.75 Å². The number of ether oxygens (including phenoxy) is 1. The Morgan fingerprint density at radius 1 is 0.955 bits per heavy atom. The number of aliphatic hydroxyl groups is 1. The standard InChI is InChI=1S/C18H15NO3/c20-12-22-17-11-14-7-5-4-6-13(14)10-16(17)18(21)19-15-8-2-1-3-9-15/h1-11,20H,12H2,(H,19,21). The van der Waals surface area contributed by atoms with Crippen LogP contribution in [0, 0.1) is 0 Å². The maximum atomic E-state index is 12.5. The number of amides is 1. The molecule has 0 bridgehead atoms. The molecule has 0 unspecified atom stereocenters. The van der Waals surface area contributed by atoms with Gasteiger partial charge in [-0.2, -0.15) is 0 Å². The van der Waals surface area contributed by atoms with E-state index in [1.807, 2.05) is 54.6 Å². The average molecular weight is 293 g/mol. The zero-order valence-corrected chi connectivity index (χ0v) is 11.8. The number of para-hydroxylation sites is 1. The predicted octanol–water partition coefficient (Wildman–Crippen LogP) is 3.42. The van der Waals surface area contributed by atoms with Crippen LogP contribution in [-0.4, -0.2) is 17.8 Å². The van der Waals surface area contributed by atoms with Crippen LogP contribution in [0.25, 0.3) is 10.8 Å². The van der Waals surface area contributed by atoms with Gasteiger partial charge in [0.05, 0.1) is 5.56 Å². The highest BCUT2D eigenvalue weighted by Gasteiger charge is 2.14. The number of rotatable bonds is 4. The Hall–Kier alpha value is -2.85. The summed E-state index contributed by atoms with van der Waals surface area (Å²) in [5, 5.41) is 13.7. The van der Waals surface area contributed by atoms with Crippen LogP contribution < -0.4 is 10.1 Å². The first-order chi connectivity index (χ1) is 10.8. The van der Waals surface area contributed by atoms with Crippen molar-refractivity contribution in [3.63, 3.8) is 0 Å². The van der Waals surface area contributed by atoms with Gasteiger partial charge in [0.2, 0.25) is 0 Å². The van der Waals surface area contributed by atoms with Crippen molar-refractivity contribution in [2.75, 3.05) is 12.1 Å². The Kier molecular flexibility index (Phi) is 4.03. The van der Waals surface area contributed by atoms with Crippen LogP contribution in [0.1, 0.15) is 10.4 Å². The van der Waals surface area contributed by atoms with Gasteiger partial charge in [0.1, 0.15) is 5.75 Å². The van der Waals surface area contributed by atoms with Gasteiger partial charge in [0, 0.05) is 5.69 Å². The third kappa shape index (κ3) is 2.92. The third-order valence-electron chi connectivity index (χ3n) is 3.34. The fourth-order valence-corrected chi connectivity index (χ4v) is 2.31. The Bertz CT molecular complexity index is 800. The summed E-state index contributed by atoms with van der Waals surface area (Å²) in [5.74, 6) is 0.0787. The van der Waals surface area contributed by atoms with E-state index in [1.54, 1.807) is 12.1 Å². The Morgan fingerprint density at radius 2 is 1.59 bits per heavy atom. The van der Waals surface area contributed by atoms with E-state index in [-0.39, 0.29) is 5.91 Å². The van der Waals surface area contributed by atoms with Gasteiger partial charge in [0.15, 0.2) is 6.79 Å². The molecule has 4 heteroatoms. The molecular formula is C18H15NO3. The lowest BCUT2D eigenvalue weighted by atomic mass is 10.1. The van der Waals surface area contributed by atoms with Crippen molar-refractivity contribution in [1.82, 2.24) is 0 Å². The van der Waals surface area contributed by atoms with Crippen LogP contribution in [-0.2, 0) is 0 Å². The topological polar surface area (TPSA) is 58.6 Å². The van der Waals surface area contributed by atoms with E-state index in [9.17, 15) is 4.79 Å². The lowest BCUT2D eigenvalue weighted by Crippen LogP contribution is -2.14. The maximum Gasteiger partial charge on any atom is 0.259 e. The lowest BCUT2D eigenvalue weighted by Gasteiger charge is -2.12. The van der Waals surface area contributed by atoms with Crippen molar-refractivity contribution < 1.29 is 14.6 Å². The van der Waals surface area contributed by atoms with Crippen molar-refractivity contribution >= 4 is 22.4 Å². The Labute approximate surface area is 128 Å². The lowest BCUT2D eigenvalue weighted by molar-refractivity contribution is 0.0933. The molecule has 1 amide bonds. The van der Waals surface area contributed by atoms with Gasteiger partial charge in [-0.25, -0.2) is 0 Å². The summed E-state index contributed by atoms with van der Waals surface area (Å²) < 4.78 is 5.20. The van der Waals surface area contributed by atoms with E-state index >= 15 is 0 Å². The van der Waals surface area contributed by atoms with Gasteiger partial charge in [-0.3, -0.25) is 4.79 Å². The molecule has 0 aliphatic heterocycles. The predicted molar refractivity (Wildman–Crippen MR) is 86.1 cm³/mol. The van der Waals surface area contributed by atoms with Crippen molar-refractivity contribution in [3.8, 4) is 5.75 Å². The van der Waals surface area contributed by atoms with E-state index < -0.39 is 6.79 Å². The first kappa shape index (κ1) is 14.1. The number of fused-ring (bicyclic) bond motifs is 1. The summed E-state index contributed by atoms with van der Waals surface area (Å²) in [6, 6.07) is 20.4. The molecule has 3 aromatic rings. The highest BCUT2D eigenvalue weighted by molar-refractivity contribution is 6.08. The average Bonchev–Trinajstić information content (AvgIpc) is 2.55. The summed E-state index contributed by atoms with van der Waals surface area (Å²) >= 11 is 0. The minimum Gasteiger partial charge on any atom is -0.467 e. The van der Waals surface area contributed by atoms with Crippen LogP contribution >= 0.6 is 0 Å². The van der Waals surface area contributed by atoms with Crippen molar-refractivity contribution in [2.45, 2.75) is 0 Å². The van der Waals surface area contributed by atoms with E-state index in [0.717, 1.165) is 10.8 Å². The SMILES string of the molecule is O=C(Nc1ccccc1)c1cc2ccccc2cc1OCO. The minimum atomic E-state index is -0.482. The molecule has 0 heterocycles. The fraction of sp³-hybridized carbons (Fsp3) is 0.0556. The molecule has 0 saturated heterocycles. The summed E-state index contributed by atoms with van der Waals surface area (Å²) in [6.45, 7) is -0.482. The minimum absolute atomic E-state index is 0.277. The monoisotopic (exact) mass is 293 g/mol. The van der Waals surface area contributed by atoms with Crippen molar-refractivity contribution in [2.24, 2.45) is 0 Å². The molecule has 4 nitrogen and oxygen atoms in total. The molecule has 110 valence electrons. The quantitative estimate of drug-likeness (QED) is 0.725. The van der Waals surface area contributed by atoms with Gasteiger partial charge in [-0.1, -0.05) is 42.5 Å². The number of anilines is 1. The summed E-state index contributed by atoms with van der Waals surface area (Å²) in [5.41, 5.74) is 1.09. The van der Waals surface area contributed by atoms with Gasteiger partial charge in [-0.15, -0.1) is 0 Å². The summed E-state index contributed by atoms with van der Waals surface area (Å²) in [7, 11) is 0.